The molecule has 3 heterocycles. The lowest BCUT2D eigenvalue weighted by Crippen LogP contribution is -2.12. The van der Waals surface area contributed by atoms with Gasteiger partial charge in [0.15, 0.2) is 11.5 Å². The Balaban J connectivity index is 1.91. The van der Waals surface area contributed by atoms with Gasteiger partial charge in [0, 0.05) is 21.7 Å². The summed E-state index contributed by atoms with van der Waals surface area (Å²) in [5, 5.41) is 11.2. The molecule has 0 unspecified atom stereocenters. The number of aromatic nitrogens is 1. The van der Waals surface area contributed by atoms with Gasteiger partial charge < -0.3 is 14.5 Å². The Morgan fingerprint density at radius 2 is 2.04 bits per heavy atom. The summed E-state index contributed by atoms with van der Waals surface area (Å²) in [6.45, 7) is 0.198. The van der Waals surface area contributed by atoms with Crippen LogP contribution >= 0.6 is 11.3 Å². The van der Waals surface area contributed by atoms with E-state index in [0.717, 1.165) is 10.4 Å². The normalized spacial score (nSPS) is 12.1. The highest BCUT2D eigenvalue weighted by molar-refractivity contribution is 7.13. The van der Waals surface area contributed by atoms with Crippen LogP contribution in [0.4, 0.5) is 0 Å². The molecular weight excluding hydrogens is 312 g/mol. The van der Waals surface area contributed by atoms with Crippen LogP contribution in [0.2, 0.25) is 0 Å². The number of nitrogens with one attached hydrogen (secondary N) is 1. The fourth-order valence-corrected chi connectivity index (χ4v) is 3.27. The number of nitriles is 1. The van der Waals surface area contributed by atoms with E-state index in [4.69, 9.17) is 9.47 Å². The number of rotatable bonds is 2. The van der Waals surface area contributed by atoms with Crippen molar-refractivity contribution in [1.29, 1.82) is 5.26 Å². The number of nitrogens with zero attached hydrogens (tertiary/aromatic N) is 1. The van der Waals surface area contributed by atoms with Gasteiger partial charge in [-0.25, -0.2) is 0 Å². The predicted octanol–water partition coefficient (Wildman–Crippen LogP) is 3.37. The molecule has 112 valence electrons. The van der Waals surface area contributed by atoms with E-state index in [9.17, 15) is 10.1 Å². The fraction of sp³-hybridized carbons (Fsp3) is 0.0588. The number of thiophene rings is 1. The van der Waals surface area contributed by atoms with Gasteiger partial charge in [-0.2, -0.15) is 5.26 Å². The molecule has 0 saturated heterocycles. The van der Waals surface area contributed by atoms with Gasteiger partial charge in [-0.3, -0.25) is 4.79 Å². The first-order valence-electron chi connectivity index (χ1n) is 6.87. The fourth-order valence-electron chi connectivity index (χ4n) is 2.52. The second-order valence-electron chi connectivity index (χ2n) is 4.96. The van der Waals surface area contributed by atoms with Crippen LogP contribution < -0.4 is 15.0 Å². The minimum atomic E-state index is -0.397. The van der Waals surface area contributed by atoms with Crippen LogP contribution in [0.5, 0.6) is 11.5 Å². The molecule has 0 bridgehead atoms. The Hall–Kier alpha value is -3.04. The molecule has 0 atom stereocenters. The molecule has 0 radical (unpaired) electrons. The molecule has 1 N–H and O–H groups in total. The summed E-state index contributed by atoms with van der Waals surface area (Å²) >= 11 is 1.49. The van der Waals surface area contributed by atoms with Gasteiger partial charge >= 0.3 is 0 Å². The van der Waals surface area contributed by atoms with Gasteiger partial charge in [0.1, 0.15) is 11.6 Å². The summed E-state index contributed by atoms with van der Waals surface area (Å²) in [5.41, 5.74) is 1.80. The van der Waals surface area contributed by atoms with Crippen LogP contribution in [-0.4, -0.2) is 11.8 Å². The summed E-state index contributed by atoms with van der Waals surface area (Å²) in [5.74, 6) is 1.33. The molecule has 0 aliphatic carbocycles. The van der Waals surface area contributed by atoms with Crippen molar-refractivity contribution in [3.8, 4) is 39.3 Å². The molecule has 0 amide bonds. The maximum Gasteiger partial charge on any atom is 0.267 e. The standard InChI is InChI=1S/C17H10N2O3S/c18-8-12-11(16-2-1-5-23-16)7-13(19-17(12)20)10-3-4-14-15(6-10)22-9-21-14/h1-7H,9H2,(H,19,20). The Morgan fingerprint density at radius 3 is 2.83 bits per heavy atom. The molecule has 3 aromatic rings. The van der Waals surface area contributed by atoms with Gasteiger partial charge in [0.05, 0.1) is 0 Å². The number of aromatic amines is 1. The third-order valence-corrected chi connectivity index (χ3v) is 4.52. The molecular formula is C17H10N2O3S. The quantitative estimate of drug-likeness (QED) is 0.785. The molecule has 23 heavy (non-hydrogen) atoms. The minimum absolute atomic E-state index is 0.122. The average Bonchev–Trinajstić information content (AvgIpc) is 3.24. The molecule has 2 aromatic heterocycles. The first-order chi connectivity index (χ1) is 11.3. The Kier molecular flexibility index (Phi) is 3.14. The Bertz CT molecular complexity index is 984. The van der Waals surface area contributed by atoms with E-state index < -0.39 is 5.56 Å². The number of fused-ring (bicyclic) bond motifs is 1. The lowest BCUT2D eigenvalue weighted by Gasteiger charge is -2.07. The molecule has 6 heteroatoms. The van der Waals surface area contributed by atoms with E-state index in [1.165, 1.54) is 11.3 Å². The maximum absolute atomic E-state index is 12.3. The molecule has 0 fully saturated rings. The summed E-state index contributed by atoms with van der Waals surface area (Å²) in [6, 6.07) is 13.1. The van der Waals surface area contributed by atoms with Gasteiger partial charge in [-0.15, -0.1) is 11.3 Å². The maximum atomic E-state index is 12.3. The molecule has 0 spiro atoms. The van der Waals surface area contributed by atoms with Crippen molar-refractivity contribution >= 4 is 11.3 Å². The number of hydrogen-bond acceptors (Lipinski definition) is 5. The highest BCUT2D eigenvalue weighted by atomic mass is 32.1. The van der Waals surface area contributed by atoms with Crippen LogP contribution in [0.1, 0.15) is 5.56 Å². The minimum Gasteiger partial charge on any atom is -0.454 e. The highest BCUT2D eigenvalue weighted by Crippen LogP contribution is 2.36. The average molecular weight is 322 g/mol. The van der Waals surface area contributed by atoms with Crippen molar-refractivity contribution in [1.82, 2.24) is 4.98 Å². The molecule has 0 saturated carbocycles. The summed E-state index contributed by atoms with van der Waals surface area (Å²) in [4.78, 5) is 15.9. The molecule has 1 aliphatic rings. The topological polar surface area (TPSA) is 75.1 Å². The van der Waals surface area contributed by atoms with E-state index >= 15 is 0 Å². The SMILES string of the molecule is N#Cc1c(-c2cccs2)cc(-c2ccc3c(c2)OCO3)[nH]c1=O. The van der Waals surface area contributed by atoms with Crippen LogP contribution in [-0.2, 0) is 0 Å². The van der Waals surface area contributed by atoms with E-state index in [2.05, 4.69) is 4.98 Å². The van der Waals surface area contributed by atoms with Crippen LogP contribution in [0.15, 0.2) is 46.6 Å². The highest BCUT2D eigenvalue weighted by Gasteiger charge is 2.17. The third kappa shape index (κ3) is 2.28. The Labute approximate surface area is 135 Å². The van der Waals surface area contributed by atoms with Gasteiger partial charge in [-0.05, 0) is 35.7 Å². The van der Waals surface area contributed by atoms with E-state index in [1.54, 1.807) is 6.07 Å². The van der Waals surface area contributed by atoms with Crippen molar-refractivity contribution in [2.75, 3.05) is 6.79 Å². The molecule has 1 aliphatic heterocycles. The zero-order valence-electron chi connectivity index (χ0n) is 11.8. The first-order valence-corrected chi connectivity index (χ1v) is 7.75. The first kappa shape index (κ1) is 13.6. The monoisotopic (exact) mass is 322 g/mol. The third-order valence-electron chi connectivity index (χ3n) is 3.62. The van der Waals surface area contributed by atoms with Crippen LogP contribution in [0.3, 0.4) is 0 Å². The molecule has 1 aromatic carbocycles. The smallest absolute Gasteiger partial charge is 0.267 e. The number of benzene rings is 1. The predicted molar refractivity (Wildman–Crippen MR) is 86.6 cm³/mol. The van der Waals surface area contributed by atoms with Gasteiger partial charge in [-0.1, -0.05) is 6.07 Å². The van der Waals surface area contributed by atoms with Crippen LogP contribution in [0.25, 0.3) is 21.7 Å². The lowest BCUT2D eigenvalue weighted by molar-refractivity contribution is 0.174. The van der Waals surface area contributed by atoms with E-state index in [1.807, 2.05) is 41.8 Å². The van der Waals surface area contributed by atoms with Gasteiger partial charge in [0.25, 0.3) is 5.56 Å². The van der Waals surface area contributed by atoms with Crippen LogP contribution in [0, 0.1) is 11.3 Å². The lowest BCUT2D eigenvalue weighted by atomic mass is 10.0. The zero-order valence-corrected chi connectivity index (χ0v) is 12.6. The van der Waals surface area contributed by atoms with Crippen molar-refractivity contribution in [3.63, 3.8) is 0 Å². The van der Waals surface area contributed by atoms with Crippen molar-refractivity contribution < 1.29 is 9.47 Å². The second-order valence-corrected chi connectivity index (χ2v) is 5.91. The second kappa shape index (κ2) is 5.30. The largest absolute Gasteiger partial charge is 0.454 e. The van der Waals surface area contributed by atoms with Crippen molar-refractivity contribution in [2.24, 2.45) is 0 Å². The van der Waals surface area contributed by atoms with E-state index in [0.29, 0.717) is 22.8 Å². The number of hydrogen-bond donors (Lipinski definition) is 1. The van der Waals surface area contributed by atoms with E-state index in [-0.39, 0.29) is 12.4 Å². The van der Waals surface area contributed by atoms with Gasteiger partial charge in [0.2, 0.25) is 6.79 Å². The summed E-state index contributed by atoms with van der Waals surface area (Å²) in [7, 11) is 0. The Morgan fingerprint density at radius 1 is 1.17 bits per heavy atom. The number of H-pyrrole nitrogens is 1. The number of pyridine rings is 1. The zero-order chi connectivity index (χ0) is 15.8. The molecule has 4 rings (SSSR count). The van der Waals surface area contributed by atoms with Crippen molar-refractivity contribution in [3.05, 3.63) is 57.7 Å². The summed E-state index contributed by atoms with van der Waals surface area (Å²) < 4.78 is 10.7. The number of ether oxygens (including phenoxy) is 2. The van der Waals surface area contributed by atoms with Crippen molar-refractivity contribution in [2.45, 2.75) is 0 Å². The summed E-state index contributed by atoms with van der Waals surface area (Å²) in [6.07, 6.45) is 0. The molecule has 5 nitrogen and oxygen atoms in total.